The van der Waals surface area contributed by atoms with Gasteiger partial charge >= 0.3 is 0 Å². The van der Waals surface area contributed by atoms with Crippen LogP contribution in [0.25, 0.3) is 0 Å². The molecule has 0 atom stereocenters. The molecule has 5 heteroatoms. The maximum atomic E-state index is 13.1. The van der Waals surface area contributed by atoms with E-state index in [-0.39, 0.29) is 0 Å². The van der Waals surface area contributed by atoms with Crippen LogP contribution < -0.4 is 0 Å². The van der Waals surface area contributed by atoms with Crippen molar-refractivity contribution < 1.29 is 8.42 Å². The van der Waals surface area contributed by atoms with Crippen molar-refractivity contribution in [2.45, 2.75) is 32.2 Å². The molecule has 0 saturated carbocycles. The fraction of sp³-hybridized carbons (Fsp3) is 0.263. The summed E-state index contributed by atoms with van der Waals surface area (Å²) in [6, 6.07) is 16.5. The molecule has 2 aromatic carbocycles. The zero-order chi connectivity index (χ0) is 17.7. The van der Waals surface area contributed by atoms with Crippen LogP contribution in [0, 0.1) is 0 Å². The Bertz CT molecular complexity index is 825. The average molecular weight is 408 g/mol. The molecular weight excluding hydrogens is 386 g/mol. The molecule has 0 fully saturated rings. The molecule has 0 amide bonds. The van der Waals surface area contributed by atoms with Gasteiger partial charge in [-0.05, 0) is 44.5 Å². The maximum absolute atomic E-state index is 13.1. The molecule has 0 bridgehead atoms. The molecule has 128 valence electrons. The van der Waals surface area contributed by atoms with Crippen LogP contribution in [-0.4, -0.2) is 19.3 Å². The molecular formula is C19H22BrNO2S. The predicted molar refractivity (Wildman–Crippen MR) is 102 cm³/mol. The van der Waals surface area contributed by atoms with Crippen LogP contribution in [0.5, 0.6) is 0 Å². The second kappa shape index (κ2) is 8.10. The minimum Gasteiger partial charge on any atom is -0.207 e. The van der Waals surface area contributed by atoms with Gasteiger partial charge in [0.15, 0.2) is 0 Å². The summed E-state index contributed by atoms with van der Waals surface area (Å²) in [5, 5.41) is 0. The number of allylic oxidation sites excluding steroid dienone is 1. The zero-order valence-corrected chi connectivity index (χ0v) is 16.6. The molecule has 2 aromatic rings. The average Bonchev–Trinajstić information content (AvgIpc) is 2.55. The van der Waals surface area contributed by atoms with Gasteiger partial charge in [0, 0.05) is 17.6 Å². The van der Waals surface area contributed by atoms with E-state index in [9.17, 15) is 8.42 Å². The van der Waals surface area contributed by atoms with E-state index in [0.29, 0.717) is 18.0 Å². The third kappa shape index (κ3) is 4.79. The first-order valence-electron chi connectivity index (χ1n) is 7.73. The Balaban J connectivity index is 2.42. The summed E-state index contributed by atoms with van der Waals surface area (Å²) < 4.78 is 28.5. The van der Waals surface area contributed by atoms with E-state index < -0.39 is 10.0 Å². The van der Waals surface area contributed by atoms with Crippen LogP contribution in [0.3, 0.4) is 0 Å². The molecule has 0 saturated heterocycles. The fourth-order valence-corrected chi connectivity index (χ4v) is 4.27. The number of benzene rings is 2. The van der Waals surface area contributed by atoms with Crippen molar-refractivity contribution in [3.05, 3.63) is 75.8 Å². The van der Waals surface area contributed by atoms with Gasteiger partial charge in [0.1, 0.15) is 0 Å². The van der Waals surface area contributed by atoms with E-state index in [4.69, 9.17) is 0 Å². The van der Waals surface area contributed by atoms with E-state index >= 15 is 0 Å². The maximum Gasteiger partial charge on any atom is 0.243 e. The largest absolute Gasteiger partial charge is 0.243 e. The van der Waals surface area contributed by atoms with Crippen LogP contribution in [-0.2, 0) is 16.6 Å². The number of hydrogen-bond donors (Lipinski definition) is 0. The molecule has 0 aliphatic heterocycles. The van der Waals surface area contributed by atoms with Gasteiger partial charge in [-0.2, -0.15) is 4.31 Å². The van der Waals surface area contributed by atoms with Crippen molar-refractivity contribution in [1.29, 1.82) is 0 Å². The summed E-state index contributed by atoms with van der Waals surface area (Å²) in [7, 11) is -3.58. The van der Waals surface area contributed by atoms with Gasteiger partial charge in [0.05, 0.1) is 4.90 Å². The van der Waals surface area contributed by atoms with E-state index in [0.717, 1.165) is 21.2 Å². The summed E-state index contributed by atoms with van der Waals surface area (Å²) in [6.07, 6.45) is 0. The molecule has 0 aromatic heterocycles. The molecule has 0 heterocycles. The molecule has 0 spiro atoms. The van der Waals surface area contributed by atoms with Gasteiger partial charge in [-0.15, -0.1) is 0 Å². The van der Waals surface area contributed by atoms with Gasteiger partial charge < -0.3 is 0 Å². The highest BCUT2D eigenvalue weighted by atomic mass is 79.9. The monoisotopic (exact) mass is 407 g/mol. The number of hydrogen-bond acceptors (Lipinski definition) is 2. The third-order valence-corrected chi connectivity index (χ3v) is 6.18. The van der Waals surface area contributed by atoms with E-state index in [2.05, 4.69) is 15.9 Å². The molecule has 0 radical (unpaired) electrons. The predicted octanol–water partition coefficient (Wildman–Crippen LogP) is 5.00. The SMILES string of the molecule is CC(C)=C(C)CN(Cc1ccccc1)S(=O)(=O)c1cccc(Br)c1. The zero-order valence-electron chi connectivity index (χ0n) is 14.2. The quantitative estimate of drug-likeness (QED) is 0.631. The van der Waals surface area contributed by atoms with Crippen molar-refractivity contribution in [3.63, 3.8) is 0 Å². The lowest BCUT2D eigenvalue weighted by atomic mass is 10.1. The Morgan fingerprint density at radius 1 is 1.00 bits per heavy atom. The lowest BCUT2D eigenvalue weighted by Crippen LogP contribution is -2.32. The Kier molecular flexibility index (Phi) is 6.38. The highest BCUT2D eigenvalue weighted by Crippen LogP contribution is 2.23. The molecule has 0 aliphatic rings. The van der Waals surface area contributed by atoms with Gasteiger partial charge in [-0.3, -0.25) is 0 Å². The smallest absolute Gasteiger partial charge is 0.207 e. The van der Waals surface area contributed by atoms with E-state index in [1.807, 2.05) is 57.2 Å². The second-order valence-corrected chi connectivity index (χ2v) is 8.85. The van der Waals surface area contributed by atoms with Crippen molar-refractivity contribution >= 4 is 26.0 Å². The lowest BCUT2D eigenvalue weighted by Gasteiger charge is -2.23. The topological polar surface area (TPSA) is 37.4 Å². The van der Waals surface area contributed by atoms with Crippen LogP contribution in [0.2, 0.25) is 0 Å². The lowest BCUT2D eigenvalue weighted by molar-refractivity contribution is 0.430. The molecule has 2 rings (SSSR count). The highest BCUT2D eigenvalue weighted by molar-refractivity contribution is 9.10. The molecule has 0 N–H and O–H groups in total. The molecule has 3 nitrogen and oxygen atoms in total. The number of sulfonamides is 1. The highest BCUT2D eigenvalue weighted by Gasteiger charge is 2.25. The summed E-state index contributed by atoms with van der Waals surface area (Å²) in [4.78, 5) is 0.300. The number of nitrogens with zero attached hydrogens (tertiary/aromatic N) is 1. The van der Waals surface area contributed by atoms with Crippen molar-refractivity contribution in [3.8, 4) is 0 Å². The molecule has 24 heavy (non-hydrogen) atoms. The van der Waals surface area contributed by atoms with Crippen LogP contribution in [0.4, 0.5) is 0 Å². The minimum atomic E-state index is -3.58. The first-order valence-corrected chi connectivity index (χ1v) is 9.96. The van der Waals surface area contributed by atoms with Gasteiger partial charge in [0.2, 0.25) is 10.0 Å². The van der Waals surface area contributed by atoms with E-state index in [1.165, 1.54) is 4.31 Å². The Labute approximate surface area is 153 Å². The van der Waals surface area contributed by atoms with Crippen molar-refractivity contribution in [2.75, 3.05) is 6.54 Å². The first-order chi connectivity index (χ1) is 11.3. The minimum absolute atomic E-state index is 0.300. The Morgan fingerprint density at radius 3 is 2.25 bits per heavy atom. The summed E-state index contributed by atoms with van der Waals surface area (Å²) in [5.74, 6) is 0. The van der Waals surface area contributed by atoms with E-state index in [1.54, 1.807) is 18.2 Å². The number of halogens is 1. The van der Waals surface area contributed by atoms with Gasteiger partial charge in [-0.25, -0.2) is 8.42 Å². The normalized spacial score (nSPS) is 11.5. The van der Waals surface area contributed by atoms with Gasteiger partial charge in [0.25, 0.3) is 0 Å². The van der Waals surface area contributed by atoms with Gasteiger partial charge in [-0.1, -0.05) is 63.5 Å². The fourth-order valence-electron chi connectivity index (χ4n) is 2.21. The third-order valence-electron chi connectivity index (χ3n) is 3.90. The number of rotatable bonds is 6. The van der Waals surface area contributed by atoms with Crippen LogP contribution >= 0.6 is 15.9 Å². The molecule has 0 aliphatic carbocycles. The molecule has 0 unspecified atom stereocenters. The first kappa shape index (κ1) is 18.9. The van der Waals surface area contributed by atoms with Crippen LogP contribution in [0.1, 0.15) is 26.3 Å². The Morgan fingerprint density at radius 2 is 1.67 bits per heavy atom. The summed E-state index contributed by atoms with van der Waals surface area (Å²) in [5.41, 5.74) is 3.17. The summed E-state index contributed by atoms with van der Waals surface area (Å²) in [6.45, 7) is 6.71. The van der Waals surface area contributed by atoms with Crippen molar-refractivity contribution in [1.82, 2.24) is 4.31 Å². The Hall–Kier alpha value is -1.43. The summed E-state index contributed by atoms with van der Waals surface area (Å²) >= 11 is 3.35. The van der Waals surface area contributed by atoms with Crippen molar-refractivity contribution in [2.24, 2.45) is 0 Å². The standard InChI is InChI=1S/C19H22BrNO2S/c1-15(2)16(3)13-21(14-17-8-5-4-6-9-17)24(22,23)19-11-7-10-18(20)12-19/h4-12H,13-14H2,1-3H3. The van der Waals surface area contributed by atoms with Crippen LogP contribution in [0.15, 0.2) is 75.1 Å². The second-order valence-electron chi connectivity index (χ2n) is 6.00.